The summed E-state index contributed by atoms with van der Waals surface area (Å²) in [6, 6.07) is 0. The van der Waals surface area contributed by atoms with Crippen LogP contribution < -0.4 is 0 Å². The van der Waals surface area contributed by atoms with Gasteiger partial charge in [-0.15, -0.1) is 0 Å². The Kier molecular flexibility index (Phi) is 6.28. The maximum atomic E-state index is 12.6. The van der Waals surface area contributed by atoms with E-state index in [4.69, 9.17) is 5.11 Å². The van der Waals surface area contributed by atoms with E-state index in [9.17, 15) is 9.18 Å². The lowest BCUT2D eigenvalue weighted by atomic mass is 10.3. The number of aliphatic hydroxyl groups is 1. The lowest BCUT2D eigenvalue weighted by Gasteiger charge is -1.97. The predicted molar refractivity (Wildman–Crippen MR) is 42.1 cm³/mol. The molecule has 0 rings (SSSR count). The fraction of sp³-hybridized carbons (Fsp3) is 0.625. The molecule has 0 aromatic rings. The lowest BCUT2D eigenvalue weighted by molar-refractivity contribution is -0.140. The molecule has 4 heteroatoms. The molecule has 12 heavy (non-hydrogen) atoms. The Morgan fingerprint density at radius 1 is 1.67 bits per heavy atom. The van der Waals surface area contributed by atoms with Crippen LogP contribution in [0.4, 0.5) is 4.39 Å². The molecule has 0 unspecified atom stereocenters. The van der Waals surface area contributed by atoms with Gasteiger partial charge >= 0.3 is 5.97 Å². The van der Waals surface area contributed by atoms with E-state index in [-0.39, 0.29) is 13.2 Å². The first kappa shape index (κ1) is 11.1. The average Bonchev–Trinajstić information content (AvgIpc) is 2.05. The number of aliphatic hydroxyl groups excluding tert-OH is 1. The molecule has 0 saturated carbocycles. The highest BCUT2D eigenvalue weighted by atomic mass is 19.1. The number of carbonyl (C=O) groups excluding carboxylic acids is 1. The molecule has 0 saturated heterocycles. The van der Waals surface area contributed by atoms with Crippen LogP contribution in [0, 0.1) is 0 Å². The zero-order valence-electron chi connectivity index (χ0n) is 7.05. The van der Waals surface area contributed by atoms with Crippen molar-refractivity contribution < 1.29 is 19.0 Å². The van der Waals surface area contributed by atoms with Crippen molar-refractivity contribution in [2.24, 2.45) is 0 Å². The summed E-state index contributed by atoms with van der Waals surface area (Å²) >= 11 is 0. The SMILES string of the molecule is CCOC(=O)/C(F)=C/CCCO. The first-order valence-corrected chi connectivity index (χ1v) is 3.86. The molecule has 0 radical (unpaired) electrons. The van der Waals surface area contributed by atoms with E-state index in [1.54, 1.807) is 6.92 Å². The quantitative estimate of drug-likeness (QED) is 0.388. The van der Waals surface area contributed by atoms with Crippen LogP contribution in [-0.4, -0.2) is 24.3 Å². The second-order valence-corrected chi connectivity index (χ2v) is 2.14. The highest BCUT2D eigenvalue weighted by Gasteiger charge is 2.07. The van der Waals surface area contributed by atoms with Gasteiger partial charge in [0.15, 0.2) is 0 Å². The van der Waals surface area contributed by atoms with Gasteiger partial charge in [0.25, 0.3) is 0 Å². The van der Waals surface area contributed by atoms with Crippen LogP contribution in [0.25, 0.3) is 0 Å². The minimum absolute atomic E-state index is 0.00734. The number of ether oxygens (including phenoxy) is 1. The molecular weight excluding hydrogens is 163 g/mol. The Morgan fingerprint density at radius 2 is 2.33 bits per heavy atom. The molecule has 0 aliphatic rings. The van der Waals surface area contributed by atoms with Crippen molar-refractivity contribution in [1.82, 2.24) is 0 Å². The third-order valence-corrected chi connectivity index (χ3v) is 1.16. The summed E-state index contributed by atoms with van der Waals surface area (Å²) in [4.78, 5) is 10.6. The molecular formula is C8H13FO3. The maximum absolute atomic E-state index is 12.6. The van der Waals surface area contributed by atoms with Crippen LogP contribution in [0.3, 0.4) is 0 Å². The van der Waals surface area contributed by atoms with Gasteiger partial charge in [0.1, 0.15) is 0 Å². The minimum Gasteiger partial charge on any atom is -0.461 e. The van der Waals surface area contributed by atoms with Crippen molar-refractivity contribution >= 4 is 5.97 Å². The normalized spacial score (nSPS) is 11.4. The van der Waals surface area contributed by atoms with E-state index in [1.807, 2.05) is 0 Å². The molecule has 0 spiro atoms. The van der Waals surface area contributed by atoms with Crippen molar-refractivity contribution in [2.45, 2.75) is 19.8 Å². The molecule has 1 N–H and O–H groups in total. The third-order valence-electron chi connectivity index (χ3n) is 1.16. The van der Waals surface area contributed by atoms with Crippen molar-refractivity contribution in [3.05, 3.63) is 11.9 Å². The number of rotatable bonds is 5. The Hall–Kier alpha value is -0.900. The predicted octanol–water partition coefficient (Wildman–Crippen LogP) is 1.18. The lowest BCUT2D eigenvalue weighted by Crippen LogP contribution is -2.04. The first-order chi connectivity index (χ1) is 5.72. The minimum atomic E-state index is -0.935. The van der Waals surface area contributed by atoms with Gasteiger partial charge in [-0.3, -0.25) is 0 Å². The topological polar surface area (TPSA) is 46.5 Å². The fourth-order valence-corrected chi connectivity index (χ4v) is 0.603. The van der Waals surface area contributed by atoms with E-state index < -0.39 is 11.8 Å². The molecule has 3 nitrogen and oxygen atoms in total. The fourth-order valence-electron chi connectivity index (χ4n) is 0.603. The number of hydrogen-bond acceptors (Lipinski definition) is 3. The van der Waals surface area contributed by atoms with Gasteiger partial charge in [0, 0.05) is 6.61 Å². The monoisotopic (exact) mass is 176 g/mol. The second kappa shape index (κ2) is 6.79. The first-order valence-electron chi connectivity index (χ1n) is 3.86. The molecule has 0 aliphatic carbocycles. The van der Waals surface area contributed by atoms with E-state index >= 15 is 0 Å². The summed E-state index contributed by atoms with van der Waals surface area (Å²) < 4.78 is 17.0. The smallest absolute Gasteiger partial charge is 0.366 e. The van der Waals surface area contributed by atoms with Crippen LogP contribution in [0.2, 0.25) is 0 Å². The Balaban J connectivity index is 3.74. The van der Waals surface area contributed by atoms with Gasteiger partial charge in [-0.05, 0) is 25.8 Å². The van der Waals surface area contributed by atoms with Gasteiger partial charge in [0.05, 0.1) is 6.61 Å². The average molecular weight is 176 g/mol. The standard InChI is InChI=1S/C8H13FO3/c1-2-12-8(11)7(9)5-3-4-6-10/h5,10H,2-4,6H2,1H3/b7-5-. The molecule has 0 atom stereocenters. The van der Waals surface area contributed by atoms with E-state index in [1.165, 1.54) is 0 Å². The second-order valence-electron chi connectivity index (χ2n) is 2.14. The number of carbonyl (C=O) groups is 1. The van der Waals surface area contributed by atoms with Gasteiger partial charge in [0.2, 0.25) is 5.83 Å². The number of esters is 1. The molecule has 0 aromatic carbocycles. The zero-order chi connectivity index (χ0) is 9.40. The number of unbranched alkanes of at least 4 members (excludes halogenated alkanes) is 1. The van der Waals surface area contributed by atoms with Gasteiger partial charge in [-0.25, -0.2) is 4.79 Å². The molecule has 0 fully saturated rings. The summed E-state index contributed by atoms with van der Waals surface area (Å²) in [5.74, 6) is -1.82. The molecule has 0 aliphatic heterocycles. The van der Waals surface area contributed by atoms with Crippen LogP contribution in [0.15, 0.2) is 11.9 Å². The summed E-state index contributed by atoms with van der Waals surface area (Å²) in [5.41, 5.74) is 0. The van der Waals surface area contributed by atoms with Crippen molar-refractivity contribution in [2.75, 3.05) is 13.2 Å². The Morgan fingerprint density at radius 3 is 2.83 bits per heavy atom. The van der Waals surface area contributed by atoms with Gasteiger partial charge < -0.3 is 9.84 Å². The van der Waals surface area contributed by atoms with Crippen molar-refractivity contribution in [3.63, 3.8) is 0 Å². The zero-order valence-corrected chi connectivity index (χ0v) is 7.05. The highest BCUT2D eigenvalue weighted by Crippen LogP contribution is 2.02. The van der Waals surface area contributed by atoms with Crippen LogP contribution in [-0.2, 0) is 9.53 Å². The number of allylic oxidation sites excluding steroid dienone is 1. The summed E-state index contributed by atoms with van der Waals surface area (Å²) in [7, 11) is 0. The van der Waals surface area contributed by atoms with Gasteiger partial charge in [-0.1, -0.05) is 0 Å². The summed E-state index contributed by atoms with van der Waals surface area (Å²) in [5, 5.41) is 8.35. The summed E-state index contributed by atoms with van der Waals surface area (Å²) in [6.45, 7) is 1.77. The highest BCUT2D eigenvalue weighted by molar-refractivity contribution is 5.85. The summed E-state index contributed by atoms with van der Waals surface area (Å²) in [6.07, 6.45) is 1.92. The molecule has 0 amide bonds. The Labute approximate surface area is 70.8 Å². The van der Waals surface area contributed by atoms with Gasteiger partial charge in [-0.2, -0.15) is 4.39 Å². The van der Waals surface area contributed by atoms with E-state index in [2.05, 4.69) is 4.74 Å². The third kappa shape index (κ3) is 4.85. The largest absolute Gasteiger partial charge is 0.461 e. The molecule has 0 heterocycles. The van der Waals surface area contributed by atoms with E-state index in [0.29, 0.717) is 12.8 Å². The number of hydrogen-bond donors (Lipinski definition) is 1. The van der Waals surface area contributed by atoms with E-state index in [0.717, 1.165) is 6.08 Å². The molecule has 0 bridgehead atoms. The van der Waals surface area contributed by atoms with Crippen LogP contribution in [0.1, 0.15) is 19.8 Å². The van der Waals surface area contributed by atoms with Crippen molar-refractivity contribution in [1.29, 1.82) is 0 Å². The maximum Gasteiger partial charge on any atom is 0.366 e. The number of halogens is 1. The molecule has 70 valence electrons. The van der Waals surface area contributed by atoms with Crippen LogP contribution in [0.5, 0.6) is 0 Å². The molecule has 0 aromatic heterocycles. The Bertz CT molecular complexity index is 166. The van der Waals surface area contributed by atoms with Crippen LogP contribution >= 0.6 is 0 Å². The van der Waals surface area contributed by atoms with Crippen molar-refractivity contribution in [3.8, 4) is 0 Å².